The average molecular weight is 311 g/mol. The summed E-state index contributed by atoms with van der Waals surface area (Å²) in [6, 6.07) is 15.9. The largest absolute Gasteiger partial charge is 0.391 e. The van der Waals surface area contributed by atoms with Gasteiger partial charge in [0.05, 0.1) is 12.1 Å². The van der Waals surface area contributed by atoms with E-state index in [0.29, 0.717) is 0 Å². The quantitative estimate of drug-likeness (QED) is 0.892. The minimum Gasteiger partial charge on any atom is -0.391 e. The van der Waals surface area contributed by atoms with E-state index in [1.54, 1.807) is 13.8 Å². The highest BCUT2D eigenvalue weighted by Gasteiger charge is 2.29. The van der Waals surface area contributed by atoms with Crippen LogP contribution in [0.4, 0.5) is 0 Å². The molecule has 0 bridgehead atoms. The van der Waals surface area contributed by atoms with Crippen LogP contribution in [0.15, 0.2) is 48.5 Å². The molecule has 2 atom stereocenters. The van der Waals surface area contributed by atoms with Crippen molar-refractivity contribution in [1.82, 2.24) is 5.32 Å². The first kappa shape index (κ1) is 15.7. The predicted octanol–water partition coefficient (Wildman–Crippen LogP) is 2.66. The summed E-state index contributed by atoms with van der Waals surface area (Å²) in [6.07, 6.45) is -0.818. The number of rotatable bonds is 5. The topological polar surface area (TPSA) is 58.6 Å². The highest BCUT2D eigenvalue weighted by atomic mass is 16.5. The smallest absolute Gasteiger partial charge is 0.246 e. The van der Waals surface area contributed by atoms with Crippen LogP contribution in [0.25, 0.3) is 11.1 Å². The molecule has 120 valence electrons. The predicted molar refractivity (Wildman–Crippen MR) is 89.0 cm³/mol. The molecule has 0 saturated heterocycles. The Kier molecular flexibility index (Phi) is 4.46. The molecule has 1 aliphatic carbocycles. The van der Waals surface area contributed by atoms with E-state index < -0.39 is 6.10 Å². The van der Waals surface area contributed by atoms with Crippen LogP contribution in [-0.4, -0.2) is 29.8 Å². The Balaban J connectivity index is 1.75. The maximum absolute atomic E-state index is 12.0. The second-order valence-electron chi connectivity index (χ2n) is 5.96. The lowest BCUT2D eigenvalue weighted by Gasteiger charge is -2.18. The minimum atomic E-state index is -0.591. The SMILES string of the molecule is CC(O)[C@H](C)NC(=O)COC1c2ccccc2-c2ccccc21. The lowest BCUT2D eigenvalue weighted by Crippen LogP contribution is -2.41. The molecule has 0 fully saturated rings. The molecule has 0 heterocycles. The maximum atomic E-state index is 12.0. The van der Waals surface area contributed by atoms with Crippen molar-refractivity contribution < 1.29 is 14.6 Å². The molecule has 0 saturated carbocycles. The van der Waals surface area contributed by atoms with Crippen LogP contribution >= 0.6 is 0 Å². The van der Waals surface area contributed by atoms with Crippen LogP contribution in [0.3, 0.4) is 0 Å². The fraction of sp³-hybridized carbons (Fsp3) is 0.316. The van der Waals surface area contributed by atoms with Gasteiger partial charge in [0.1, 0.15) is 12.7 Å². The Morgan fingerprint density at radius 1 is 1.09 bits per heavy atom. The van der Waals surface area contributed by atoms with Crippen molar-refractivity contribution in [3.8, 4) is 11.1 Å². The van der Waals surface area contributed by atoms with Gasteiger partial charge in [-0.3, -0.25) is 4.79 Å². The second-order valence-corrected chi connectivity index (χ2v) is 5.96. The molecule has 1 aliphatic rings. The molecule has 2 N–H and O–H groups in total. The summed E-state index contributed by atoms with van der Waals surface area (Å²) >= 11 is 0. The molecule has 2 aromatic rings. The summed E-state index contributed by atoms with van der Waals surface area (Å²) < 4.78 is 5.90. The number of benzene rings is 2. The van der Waals surface area contributed by atoms with Crippen LogP contribution in [0.2, 0.25) is 0 Å². The van der Waals surface area contributed by atoms with Crippen LogP contribution in [-0.2, 0) is 9.53 Å². The van der Waals surface area contributed by atoms with Crippen LogP contribution in [0.5, 0.6) is 0 Å². The van der Waals surface area contributed by atoms with Crippen molar-refractivity contribution in [2.24, 2.45) is 0 Å². The normalized spacial score (nSPS) is 15.6. The first-order valence-electron chi connectivity index (χ1n) is 7.85. The third-order valence-corrected chi connectivity index (χ3v) is 4.27. The summed E-state index contributed by atoms with van der Waals surface area (Å²) in [5, 5.41) is 12.2. The summed E-state index contributed by atoms with van der Waals surface area (Å²) in [5.74, 6) is -0.222. The van der Waals surface area contributed by atoms with Crippen molar-refractivity contribution in [3.05, 3.63) is 59.7 Å². The highest BCUT2D eigenvalue weighted by molar-refractivity contribution is 5.79. The van der Waals surface area contributed by atoms with Crippen molar-refractivity contribution in [3.63, 3.8) is 0 Å². The van der Waals surface area contributed by atoms with Gasteiger partial charge in [0.25, 0.3) is 0 Å². The highest BCUT2D eigenvalue weighted by Crippen LogP contribution is 2.44. The van der Waals surface area contributed by atoms with Crippen LogP contribution in [0.1, 0.15) is 31.1 Å². The number of nitrogens with one attached hydrogen (secondary N) is 1. The molecular formula is C19H21NO3. The van der Waals surface area contributed by atoms with Crippen molar-refractivity contribution >= 4 is 5.91 Å². The van der Waals surface area contributed by atoms with Gasteiger partial charge in [0, 0.05) is 0 Å². The molecule has 2 aromatic carbocycles. The molecule has 0 aromatic heterocycles. The van der Waals surface area contributed by atoms with Gasteiger partial charge in [-0.25, -0.2) is 0 Å². The van der Waals surface area contributed by atoms with E-state index in [0.717, 1.165) is 22.3 Å². The number of ether oxygens (including phenoxy) is 1. The molecule has 23 heavy (non-hydrogen) atoms. The van der Waals surface area contributed by atoms with Gasteiger partial charge in [0.2, 0.25) is 5.91 Å². The van der Waals surface area contributed by atoms with Crippen LogP contribution < -0.4 is 5.32 Å². The van der Waals surface area contributed by atoms with E-state index in [-0.39, 0.29) is 24.7 Å². The van der Waals surface area contributed by atoms with E-state index in [2.05, 4.69) is 17.4 Å². The fourth-order valence-electron chi connectivity index (χ4n) is 2.86. The summed E-state index contributed by atoms with van der Waals surface area (Å²) in [4.78, 5) is 12.0. The fourth-order valence-corrected chi connectivity index (χ4v) is 2.86. The summed E-state index contributed by atoms with van der Waals surface area (Å²) in [6.45, 7) is 3.38. The molecule has 0 radical (unpaired) electrons. The number of hydrogen-bond acceptors (Lipinski definition) is 3. The third-order valence-electron chi connectivity index (χ3n) is 4.27. The minimum absolute atomic E-state index is 0.0373. The Bertz CT molecular complexity index is 666. The van der Waals surface area contributed by atoms with Gasteiger partial charge in [-0.05, 0) is 36.1 Å². The van der Waals surface area contributed by atoms with Gasteiger partial charge < -0.3 is 15.2 Å². The number of fused-ring (bicyclic) bond motifs is 3. The Labute approximate surface area is 136 Å². The molecule has 1 amide bonds. The lowest BCUT2D eigenvalue weighted by molar-refractivity contribution is -0.128. The molecule has 1 unspecified atom stereocenters. The summed E-state index contributed by atoms with van der Waals surface area (Å²) in [7, 11) is 0. The maximum Gasteiger partial charge on any atom is 0.246 e. The number of hydrogen-bond donors (Lipinski definition) is 2. The Hall–Kier alpha value is -2.17. The van der Waals surface area contributed by atoms with E-state index in [1.807, 2.05) is 36.4 Å². The van der Waals surface area contributed by atoms with E-state index in [9.17, 15) is 9.90 Å². The zero-order valence-corrected chi connectivity index (χ0v) is 13.3. The molecular weight excluding hydrogens is 290 g/mol. The Morgan fingerprint density at radius 2 is 1.61 bits per heavy atom. The van der Waals surface area contributed by atoms with Gasteiger partial charge >= 0.3 is 0 Å². The van der Waals surface area contributed by atoms with Gasteiger partial charge in [0.15, 0.2) is 0 Å². The van der Waals surface area contributed by atoms with Crippen molar-refractivity contribution in [2.75, 3.05) is 6.61 Å². The van der Waals surface area contributed by atoms with Crippen molar-refractivity contribution in [1.29, 1.82) is 0 Å². The summed E-state index contributed by atoms with van der Waals surface area (Å²) in [5.41, 5.74) is 4.49. The number of aliphatic hydroxyl groups is 1. The first-order valence-corrected chi connectivity index (χ1v) is 7.85. The number of carbonyl (C=O) groups is 1. The molecule has 4 nitrogen and oxygen atoms in total. The second kappa shape index (κ2) is 6.52. The molecule has 0 spiro atoms. The molecule has 4 heteroatoms. The average Bonchev–Trinajstić information content (AvgIpc) is 2.87. The van der Waals surface area contributed by atoms with Gasteiger partial charge in [-0.15, -0.1) is 0 Å². The molecule has 3 rings (SSSR count). The van der Waals surface area contributed by atoms with Gasteiger partial charge in [-0.1, -0.05) is 48.5 Å². The molecule has 0 aliphatic heterocycles. The van der Waals surface area contributed by atoms with Crippen LogP contribution in [0, 0.1) is 0 Å². The number of aliphatic hydroxyl groups excluding tert-OH is 1. The standard InChI is InChI=1S/C19H21NO3/c1-12(13(2)21)20-18(22)11-23-19-16-9-5-3-7-14(16)15-8-4-6-10-17(15)19/h3-10,12-13,19,21H,11H2,1-2H3,(H,20,22)/t12-,13?/m0/s1. The van der Waals surface area contributed by atoms with E-state index in [4.69, 9.17) is 4.74 Å². The zero-order chi connectivity index (χ0) is 16.4. The Morgan fingerprint density at radius 3 is 2.13 bits per heavy atom. The number of carbonyl (C=O) groups excluding carboxylic acids is 1. The van der Waals surface area contributed by atoms with Gasteiger partial charge in [-0.2, -0.15) is 0 Å². The number of amides is 1. The lowest BCUT2D eigenvalue weighted by atomic mass is 10.1. The monoisotopic (exact) mass is 311 g/mol. The van der Waals surface area contributed by atoms with E-state index >= 15 is 0 Å². The van der Waals surface area contributed by atoms with E-state index in [1.165, 1.54) is 0 Å². The van der Waals surface area contributed by atoms with Crippen molar-refractivity contribution in [2.45, 2.75) is 32.1 Å². The zero-order valence-electron chi connectivity index (χ0n) is 13.3. The third kappa shape index (κ3) is 3.14. The first-order chi connectivity index (χ1) is 11.1.